The van der Waals surface area contributed by atoms with Crippen molar-refractivity contribution in [3.63, 3.8) is 0 Å². The zero-order valence-corrected chi connectivity index (χ0v) is 11.2. The number of amides is 1. The second-order valence-electron chi connectivity index (χ2n) is 4.03. The van der Waals surface area contributed by atoms with E-state index >= 15 is 0 Å². The molecule has 0 saturated heterocycles. The topological polar surface area (TPSA) is 46.2 Å². The number of hydrogen-bond donors (Lipinski definition) is 1. The van der Waals surface area contributed by atoms with Crippen LogP contribution < -0.4 is 5.32 Å². The van der Waals surface area contributed by atoms with E-state index < -0.39 is 10.8 Å². The first-order valence-corrected chi connectivity index (χ1v) is 7.53. The van der Waals surface area contributed by atoms with Crippen molar-refractivity contribution < 1.29 is 9.00 Å². The molecule has 1 amide bonds. The molecule has 0 saturated carbocycles. The molecule has 0 bridgehead atoms. The third kappa shape index (κ3) is 5.13. The molecule has 0 fully saturated rings. The second-order valence-corrected chi connectivity index (χ2v) is 5.46. The first kappa shape index (κ1) is 13.9. The lowest BCUT2D eigenvalue weighted by atomic mass is 10.1. The third-order valence-electron chi connectivity index (χ3n) is 2.37. The van der Waals surface area contributed by atoms with Crippen LogP contribution >= 0.6 is 0 Å². The summed E-state index contributed by atoms with van der Waals surface area (Å²) in [7, 11) is -0.877. The van der Waals surface area contributed by atoms with E-state index in [9.17, 15) is 9.00 Å². The Morgan fingerprint density at radius 2 is 2.18 bits per heavy atom. The highest BCUT2D eigenvalue weighted by Crippen LogP contribution is 2.07. The number of unbranched alkanes of at least 4 members (excludes halogenated alkanes) is 1. The fourth-order valence-corrected chi connectivity index (χ4v) is 2.17. The van der Waals surface area contributed by atoms with E-state index in [1.807, 2.05) is 18.2 Å². The van der Waals surface area contributed by atoms with Gasteiger partial charge in [0.05, 0.1) is 0 Å². The average molecular weight is 253 g/mol. The molecule has 0 aromatic heterocycles. The monoisotopic (exact) mass is 253 g/mol. The van der Waals surface area contributed by atoms with Gasteiger partial charge in [-0.3, -0.25) is 9.00 Å². The standard InChI is InChI=1S/C13H19NO2S/c1-3-4-8-14-13(15)12-7-5-6-11(9-12)10-17(2)16/h5-7,9H,3-4,8,10H2,1-2H3,(H,14,15). The van der Waals surface area contributed by atoms with E-state index in [0.29, 0.717) is 17.9 Å². The smallest absolute Gasteiger partial charge is 0.251 e. The third-order valence-corrected chi connectivity index (χ3v) is 3.11. The van der Waals surface area contributed by atoms with Crippen molar-refractivity contribution in [1.29, 1.82) is 0 Å². The summed E-state index contributed by atoms with van der Waals surface area (Å²) in [4.78, 5) is 11.8. The Hall–Kier alpha value is -1.16. The first-order chi connectivity index (χ1) is 8.13. The van der Waals surface area contributed by atoms with Crippen LogP contribution in [0.15, 0.2) is 24.3 Å². The van der Waals surface area contributed by atoms with E-state index in [2.05, 4.69) is 12.2 Å². The lowest BCUT2D eigenvalue weighted by molar-refractivity contribution is 0.0953. The maximum atomic E-state index is 11.8. The van der Waals surface area contributed by atoms with Crippen molar-refractivity contribution >= 4 is 16.7 Å². The molecule has 17 heavy (non-hydrogen) atoms. The van der Waals surface area contributed by atoms with Crippen molar-refractivity contribution in [2.24, 2.45) is 0 Å². The predicted molar refractivity (Wildman–Crippen MR) is 71.5 cm³/mol. The van der Waals surface area contributed by atoms with Gasteiger partial charge in [-0.1, -0.05) is 25.5 Å². The van der Waals surface area contributed by atoms with Crippen LogP contribution in [0, 0.1) is 0 Å². The Balaban J connectivity index is 2.63. The van der Waals surface area contributed by atoms with Crippen molar-refractivity contribution in [2.75, 3.05) is 12.8 Å². The summed E-state index contributed by atoms with van der Waals surface area (Å²) in [6.07, 6.45) is 3.72. The molecule has 1 aromatic rings. The summed E-state index contributed by atoms with van der Waals surface area (Å²) in [5.41, 5.74) is 1.58. The van der Waals surface area contributed by atoms with Crippen LogP contribution in [0.2, 0.25) is 0 Å². The number of carbonyl (C=O) groups excluding carboxylic acids is 1. The number of nitrogens with one attached hydrogen (secondary N) is 1. The Morgan fingerprint density at radius 1 is 1.41 bits per heavy atom. The molecule has 0 aliphatic heterocycles. The summed E-state index contributed by atoms with van der Waals surface area (Å²) in [5.74, 6) is 0.443. The van der Waals surface area contributed by atoms with E-state index in [4.69, 9.17) is 0 Å². The van der Waals surface area contributed by atoms with Gasteiger partial charge >= 0.3 is 0 Å². The lowest BCUT2D eigenvalue weighted by Gasteiger charge is -2.05. The highest BCUT2D eigenvalue weighted by Gasteiger charge is 2.05. The molecule has 4 heteroatoms. The van der Waals surface area contributed by atoms with Crippen LogP contribution in [0.5, 0.6) is 0 Å². The Bertz CT molecular complexity index is 404. The first-order valence-electron chi connectivity index (χ1n) is 5.80. The molecule has 0 aliphatic carbocycles. The summed E-state index contributed by atoms with van der Waals surface area (Å²) in [6.45, 7) is 2.79. The normalized spacial score (nSPS) is 12.1. The van der Waals surface area contributed by atoms with Gasteiger partial charge in [-0.2, -0.15) is 0 Å². The molecule has 0 spiro atoms. The van der Waals surface area contributed by atoms with Crippen LogP contribution in [0.1, 0.15) is 35.7 Å². The largest absolute Gasteiger partial charge is 0.352 e. The van der Waals surface area contributed by atoms with E-state index in [1.165, 1.54) is 0 Å². The number of carbonyl (C=O) groups is 1. The minimum Gasteiger partial charge on any atom is -0.352 e. The maximum Gasteiger partial charge on any atom is 0.251 e. The molecule has 1 atom stereocenters. The van der Waals surface area contributed by atoms with Crippen molar-refractivity contribution in [2.45, 2.75) is 25.5 Å². The van der Waals surface area contributed by atoms with Gasteiger partial charge in [-0.25, -0.2) is 0 Å². The lowest BCUT2D eigenvalue weighted by Crippen LogP contribution is -2.24. The molecule has 0 radical (unpaired) electrons. The minimum absolute atomic E-state index is 0.0535. The summed E-state index contributed by atoms with van der Waals surface area (Å²) >= 11 is 0. The molecule has 0 heterocycles. The van der Waals surface area contributed by atoms with Crippen molar-refractivity contribution in [3.05, 3.63) is 35.4 Å². The van der Waals surface area contributed by atoms with Crippen molar-refractivity contribution in [3.8, 4) is 0 Å². The zero-order valence-electron chi connectivity index (χ0n) is 10.4. The van der Waals surface area contributed by atoms with Gasteiger partial charge in [0, 0.05) is 34.9 Å². The van der Waals surface area contributed by atoms with Crippen LogP contribution in [0.25, 0.3) is 0 Å². The maximum absolute atomic E-state index is 11.8. The molecule has 1 N–H and O–H groups in total. The molecule has 94 valence electrons. The fourth-order valence-electron chi connectivity index (χ4n) is 1.52. The molecule has 1 unspecified atom stereocenters. The predicted octanol–water partition coefficient (Wildman–Crippen LogP) is 2.09. The Morgan fingerprint density at radius 3 is 2.82 bits per heavy atom. The van der Waals surface area contributed by atoms with E-state index in [-0.39, 0.29) is 5.91 Å². The Labute approximate surface area is 105 Å². The number of hydrogen-bond acceptors (Lipinski definition) is 2. The van der Waals surface area contributed by atoms with Gasteiger partial charge in [0.15, 0.2) is 0 Å². The minimum atomic E-state index is -0.877. The van der Waals surface area contributed by atoms with Crippen LogP contribution in [0.4, 0.5) is 0 Å². The van der Waals surface area contributed by atoms with Gasteiger partial charge in [-0.15, -0.1) is 0 Å². The average Bonchev–Trinajstić information content (AvgIpc) is 2.28. The number of rotatable bonds is 6. The summed E-state index contributed by atoms with van der Waals surface area (Å²) in [6, 6.07) is 7.31. The molecule has 1 rings (SSSR count). The van der Waals surface area contributed by atoms with Crippen molar-refractivity contribution in [1.82, 2.24) is 5.32 Å². The van der Waals surface area contributed by atoms with E-state index in [0.717, 1.165) is 18.4 Å². The van der Waals surface area contributed by atoms with Gasteiger partial charge < -0.3 is 5.32 Å². The molecular formula is C13H19NO2S. The molecule has 1 aromatic carbocycles. The van der Waals surface area contributed by atoms with Gasteiger partial charge in [0.2, 0.25) is 0 Å². The SMILES string of the molecule is CCCCNC(=O)c1cccc(CS(C)=O)c1. The van der Waals surface area contributed by atoms with Crippen LogP contribution in [0.3, 0.4) is 0 Å². The zero-order chi connectivity index (χ0) is 12.7. The van der Waals surface area contributed by atoms with E-state index in [1.54, 1.807) is 12.3 Å². The number of benzene rings is 1. The van der Waals surface area contributed by atoms with Crippen LogP contribution in [-0.4, -0.2) is 22.9 Å². The summed E-state index contributed by atoms with van der Waals surface area (Å²) in [5, 5.41) is 2.87. The van der Waals surface area contributed by atoms with Gasteiger partial charge in [-0.05, 0) is 24.1 Å². The van der Waals surface area contributed by atoms with Crippen LogP contribution in [-0.2, 0) is 16.6 Å². The summed E-state index contributed by atoms with van der Waals surface area (Å²) < 4.78 is 11.1. The second kappa shape index (κ2) is 7.22. The highest BCUT2D eigenvalue weighted by atomic mass is 32.2. The quantitative estimate of drug-likeness (QED) is 0.789. The van der Waals surface area contributed by atoms with Gasteiger partial charge in [0.25, 0.3) is 5.91 Å². The highest BCUT2D eigenvalue weighted by molar-refractivity contribution is 7.83. The van der Waals surface area contributed by atoms with Gasteiger partial charge in [0.1, 0.15) is 0 Å². The molecule has 3 nitrogen and oxygen atoms in total. The fraction of sp³-hybridized carbons (Fsp3) is 0.462. The Kier molecular flexibility index (Phi) is 5.91. The molecule has 0 aliphatic rings. The molecular weight excluding hydrogens is 234 g/mol.